The lowest BCUT2D eigenvalue weighted by molar-refractivity contribution is -0.117. The van der Waals surface area contributed by atoms with Crippen molar-refractivity contribution in [3.05, 3.63) is 12.3 Å². The van der Waals surface area contributed by atoms with E-state index < -0.39 is 0 Å². The normalized spacial score (nSPS) is 10.4. The third-order valence-electron chi connectivity index (χ3n) is 0.786. The van der Waals surface area contributed by atoms with Crippen molar-refractivity contribution < 1.29 is 9.53 Å². The zero-order chi connectivity index (χ0) is 7.98. The number of carbonyl (C=O) groups excluding carboxylic acids is 1. The van der Waals surface area contributed by atoms with E-state index in [1.807, 2.05) is 13.8 Å². The predicted molar refractivity (Wildman–Crippen MR) is 39.4 cm³/mol. The van der Waals surface area contributed by atoms with Crippen LogP contribution in [0, 0.1) is 0 Å². The van der Waals surface area contributed by atoms with Crippen LogP contribution in [0.2, 0.25) is 0 Å². The third-order valence-corrected chi connectivity index (χ3v) is 0.786. The fourth-order valence-electron chi connectivity index (χ4n) is 0.462. The van der Waals surface area contributed by atoms with E-state index in [0.717, 1.165) is 0 Å². The molecule has 0 heterocycles. The summed E-state index contributed by atoms with van der Waals surface area (Å²) in [5.74, 6) is -0.128. The predicted octanol–water partition coefficient (Wildman–Crippen LogP) is 0.671. The smallest absolute Gasteiger partial charge is 0.247 e. The standard InChI is InChI=1S/C7H13NO2/c1-6(2)8-7(9)4-5-10-3/h4-6H,1-3H3,(H,8,9). The van der Waals surface area contributed by atoms with Gasteiger partial charge in [0, 0.05) is 12.1 Å². The highest BCUT2D eigenvalue weighted by atomic mass is 16.5. The summed E-state index contributed by atoms with van der Waals surface area (Å²) < 4.78 is 4.55. The maximum absolute atomic E-state index is 10.7. The molecular weight excluding hydrogens is 130 g/mol. The van der Waals surface area contributed by atoms with Gasteiger partial charge in [0.25, 0.3) is 0 Å². The van der Waals surface area contributed by atoms with Gasteiger partial charge in [0.2, 0.25) is 5.91 Å². The molecule has 3 heteroatoms. The molecule has 0 aliphatic carbocycles. The molecular formula is C7H13NO2. The van der Waals surface area contributed by atoms with Crippen molar-refractivity contribution in [1.82, 2.24) is 5.32 Å². The number of nitrogens with one attached hydrogen (secondary N) is 1. The van der Waals surface area contributed by atoms with E-state index in [2.05, 4.69) is 10.1 Å². The summed E-state index contributed by atoms with van der Waals surface area (Å²) in [6.07, 6.45) is 2.69. The highest BCUT2D eigenvalue weighted by molar-refractivity contribution is 5.87. The average molecular weight is 143 g/mol. The first-order valence-corrected chi connectivity index (χ1v) is 3.16. The molecule has 0 radical (unpaired) electrons. The van der Waals surface area contributed by atoms with E-state index in [1.165, 1.54) is 19.4 Å². The van der Waals surface area contributed by atoms with Crippen LogP contribution in [0.1, 0.15) is 13.8 Å². The van der Waals surface area contributed by atoms with Crippen molar-refractivity contribution in [1.29, 1.82) is 0 Å². The summed E-state index contributed by atoms with van der Waals surface area (Å²) in [6, 6.07) is 0.175. The van der Waals surface area contributed by atoms with Crippen molar-refractivity contribution in [3.63, 3.8) is 0 Å². The summed E-state index contributed by atoms with van der Waals surface area (Å²) in [5.41, 5.74) is 0. The van der Waals surface area contributed by atoms with E-state index in [4.69, 9.17) is 0 Å². The van der Waals surface area contributed by atoms with Gasteiger partial charge in [-0.2, -0.15) is 0 Å². The largest absolute Gasteiger partial charge is 0.504 e. The Labute approximate surface area is 61.1 Å². The molecule has 1 amide bonds. The minimum Gasteiger partial charge on any atom is -0.504 e. The number of hydrogen-bond acceptors (Lipinski definition) is 2. The Balaban J connectivity index is 3.54. The lowest BCUT2D eigenvalue weighted by Gasteiger charge is -2.03. The molecule has 0 aromatic carbocycles. The second-order valence-electron chi connectivity index (χ2n) is 2.20. The van der Waals surface area contributed by atoms with Crippen molar-refractivity contribution in [2.75, 3.05) is 7.11 Å². The van der Waals surface area contributed by atoms with E-state index in [-0.39, 0.29) is 11.9 Å². The molecule has 58 valence electrons. The number of rotatable bonds is 3. The van der Waals surface area contributed by atoms with Gasteiger partial charge in [-0.15, -0.1) is 0 Å². The van der Waals surface area contributed by atoms with Crippen LogP contribution < -0.4 is 5.32 Å². The van der Waals surface area contributed by atoms with E-state index in [9.17, 15) is 4.79 Å². The topological polar surface area (TPSA) is 38.3 Å². The molecule has 0 saturated carbocycles. The van der Waals surface area contributed by atoms with Gasteiger partial charge in [-0.1, -0.05) is 0 Å². The number of amides is 1. The van der Waals surface area contributed by atoms with Crippen LogP contribution in [0.15, 0.2) is 12.3 Å². The van der Waals surface area contributed by atoms with Gasteiger partial charge in [-0.25, -0.2) is 0 Å². The maximum atomic E-state index is 10.7. The van der Waals surface area contributed by atoms with Crippen molar-refractivity contribution in [2.24, 2.45) is 0 Å². The Morgan fingerprint density at radius 3 is 2.60 bits per heavy atom. The van der Waals surface area contributed by atoms with Gasteiger partial charge in [-0.05, 0) is 13.8 Å². The number of carbonyl (C=O) groups is 1. The van der Waals surface area contributed by atoms with Gasteiger partial charge in [0.05, 0.1) is 13.4 Å². The number of hydrogen-bond donors (Lipinski definition) is 1. The van der Waals surface area contributed by atoms with Gasteiger partial charge in [0.15, 0.2) is 0 Å². The van der Waals surface area contributed by atoms with E-state index >= 15 is 0 Å². The first kappa shape index (κ1) is 9.01. The molecule has 0 spiro atoms. The SMILES string of the molecule is COC=CC(=O)NC(C)C. The molecule has 0 fully saturated rings. The monoisotopic (exact) mass is 143 g/mol. The highest BCUT2D eigenvalue weighted by Gasteiger charge is 1.95. The van der Waals surface area contributed by atoms with Crippen LogP contribution in [0.3, 0.4) is 0 Å². The second kappa shape index (κ2) is 4.85. The van der Waals surface area contributed by atoms with Crippen LogP contribution in [-0.2, 0) is 9.53 Å². The van der Waals surface area contributed by atoms with Gasteiger partial charge >= 0.3 is 0 Å². The van der Waals surface area contributed by atoms with Gasteiger partial charge in [0.1, 0.15) is 0 Å². The Morgan fingerprint density at radius 2 is 2.20 bits per heavy atom. The minimum absolute atomic E-state index is 0.128. The Hall–Kier alpha value is -0.990. The molecule has 0 rings (SSSR count). The first-order valence-electron chi connectivity index (χ1n) is 3.16. The summed E-state index contributed by atoms with van der Waals surface area (Å²) in [7, 11) is 1.50. The fraction of sp³-hybridized carbons (Fsp3) is 0.571. The molecule has 0 aliphatic heterocycles. The first-order chi connectivity index (χ1) is 4.66. The minimum atomic E-state index is -0.128. The van der Waals surface area contributed by atoms with Crippen LogP contribution in [-0.4, -0.2) is 19.1 Å². The van der Waals surface area contributed by atoms with Crippen molar-refractivity contribution in [3.8, 4) is 0 Å². The summed E-state index contributed by atoms with van der Waals surface area (Å²) >= 11 is 0. The molecule has 0 aromatic heterocycles. The Bertz CT molecular complexity index is 130. The molecule has 0 aromatic rings. The molecule has 0 unspecified atom stereocenters. The molecule has 0 bridgehead atoms. The molecule has 10 heavy (non-hydrogen) atoms. The van der Waals surface area contributed by atoms with Crippen molar-refractivity contribution in [2.45, 2.75) is 19.9 Å². The van der Waals surface area contributed by atoms with Gasteiger partial charge < -0.3 is 10.1 Å². The quantitative estimate of drug-likeness (QED) is 0.466. The van der Waals surface area contributed by atoms with Crippen LogP contribution >= 0.6 is 0 Å². The Morgan fingerprint density at radius 1 is 1.60 bits per heavy atom. The highest BCUT2D eigenvalue weighted by Crippen LogP contribution is 1.79. The maximum Gasteiger partial charge on any atom is 0.247 e. The lowest BCUT2D eigenvalue weighted by atomic mass is 10.4. The van der Waals surface area contributed by atoms with Gasteiger partial charge in [-0.3, -0.25) is 4.79 Å². The molecule has 1 N–H and O–H groups in total. The van der Waals surface area contributed by atoms with E-state index in [0.29, 0.717) is 0 Å². The molecule has 0 saturated heterocycles. The van der Waals surface area contributed by atoms with Crippen LogP contribution in [0.5, 0.6) is 0 Å². The van der Waals surface area contributed by atoms with Crippen molar-refractivity contribution >= 4 is 5.91 Å². The number of ether oxygens (including phenoxy) is 1. The fourth-order valence-corrected chi connectivity index (χ4v) is 0.462. The number of methoxy groups -OCH3 is 1. The second-order valence-corrected chi connectivity index (χ2v) is 2.20. The van der Waals surface area contributed by atoms with Crippen LogP contribution in [0.4, 0.5) is 0 Å². The summed E-state index contributed by atoms with van der Waals surface area (Å²) in [6.45, 7) is 3.80. The summed E-state index contributed by atoms with van der Waals surface area (Å²) in [5, 5.41) is 2.67. The zero-order valence-electron chi connectivity index (χ0n) is 6.55. The molecule has 0 atom stereocenters. The molecule has 3 nitrogen and oxygen atoms in total. The van der Waals surface area contributed by atoms with E-state index in [1.54, 1.807) is 0 Å². The third kappa shape index (κ3) is 5.15. The Kier molecular flexibility index (Phi) is 4.37. The molecule has 0 aliphatic rings. The summed E-state index contributed by atoms with van der Waals surface area (Å²) in [4.78, 5) is 10.7. The van der Waals surface area contributed by atoms with Crippen LogP contribution in [0.25, 0.3) is 0 Å². The lowest BCUT2D eigenvalue weighted by Crippen LogP contribution is -2.28. The zero-order valence-corrected chi connectivity index (χ0v) is 6.55. The average Bonchev–Trinajstić information content (AvgIpc) is 1.82.